The second-order valence-electron chi connectivity index (χ2n) is 4.11. The van der Waals surface area contributed by atoms with Gasteiger partial charge in [0.15, 0.2) is 0 Å². The van der Waals surface area contributed by atoms with E-state index in [0.29, 0.717) is 5.92 Å². The molecule has 0 bridgehead atoms. The van der Waals surface area contributed by atoms with Gasteiger partial charge in [-0.1, -0.05) is 26.0 Å². The molecule has 80 valence electrons. The highest BCUT2D eigenvalue weighted by Gasteiger charge is 2.11. The number of fused-ring (bicyclic) bond motifs is 1. The number of hydrogen-bond acceptors (Lipinski definition) is 2. The predicted octanol–water partition coefficient (Wildman–Crippen LogP) is 2.74. The normalized spacial score (nSPS) is 11.3. The van der Waals surface area contributed by atoms with Gasteiger partial charge in [0.25, 0.3) is 0 Å². The number of aryl methyl sites for hydroxylation is 1. The first-order valence-corrected chi connectivity index (χ1v) is 5.28. The topological polar surface area (TPSA) is 29.9 Å². The van der Waals surface area contributed by atoms with Crippen LogP contribution in [-0.2, 0) is 7.05 Å². The first-order chi connectivity index (χ1) is 7.15. The number of para-hydroxylation sites is 1. The minimum Gasteiger partial charge on any atom is -0.359 e. The van der Waals surface area contributed by atoms with Gasteiger partial charge in [0, 0.05) is 14.1 Å². The molecule has 0 aliphatic rings. The van der Waals surface area contributed by atoms with E-state index >= 15 is 0 Å². The largest absolute Gasteiger partial charge is 0.359 e. The van der Waals surface area contributed by atoms with Gasteiger partial charge in [-0.15, -0.1) is 0 Å². The van der Waals surface area contributed by atoms with Gasteiger partial charge in [-0.25, -0.2) is 4.98 Å². The Hall–Kier alpha value is -1.51. The van der Waals surface area contributed by atoms with Crippen LogP contribution < -0.4 is 5.32 Å². The summed E-state index contributed by atoms with van der Waals surface area (Å²) in [4.78, 5) is 4.60. The average Bonchev–Trinajstić information content (AvgIpc) is 2.55. The predicted molar refractivity (Wildman–Crippen MR) is 64.3 cm³/mol. The second kappa shape index (κ2) is 3.57. The fourth-order valence-corrected chi connectivity index (χ4v) is 1.93. The Morgan fingerprint density at radius 1 is 1.33 bits per heavy atom. The Kier molecular flexibility index (Phi) is 2.39. The molecule has 3 nitrogen and oxygen atoms in total. The van der Waals surface area contributed by atoms with Crippen LogP contribution in [0.15, 0.2) is 18.2 Å². The van der Waals surface area contributed by atoms with E-state index in [1.54, 1.807) is 0 Å². The van der Waals surface area contributed by atoms with Crippen molar-refractivity contribution in [3.63, 3.8) is 0 Å². The third kappa shape index (κ3) is 1.48. The minimum absolute atomic E-state index is 0.508. The third-order valence-electron chi connectivity index (χ3n) is 2.79. The van der Waals surface area contributed by atoms with E-state index in [9.17, 15) is 0 Å². The Bertz CT molecular complexity index is 483. The van der Waals surface area contributed by atoms with Crippen molar-refractivity contribution in [3.05, 3.63) is 23.8 Å². The van der Waals surface area contributed by atoms with Crippen molar-refractivity contribution in [3.8, 4) is 0 Å². The Balaban J connectivity index is 2.76. The number of nitrogens with one attached hydrogen (secondary N) is 1. The average molecular weight is 203 g/mol. The third-order valence-corrected chi connectivity index (χ3v) is 2.79. The second-order valence-corrected chi connectivity index (χ2v) is 4.11. The number of rotatable bonds is 2. The van der Waals surface area contributed by atoms with E-state index in [0.717, 1.165) is 11.5 Å². The van der Waals surface area contributed by atoms with Crippen LogP contribution >= 0.6 is 0 Å². The molecular formula is C12H17N3. The van der Waals surface area contributed by atoms with Crippen LogP contribution in [0.25, 0.3) is 11.0 Å². The minimum atomic E-state index is 0.508. The van der Waals surface area contributed by atoms with E-state index in [1.165, 1.54) is 11.1 Å². The van der Waals surface area contributed by atoms with Crippen molar-refractivity contribution < 1.29 is 0 Å². The highest BCUT2D eigenvalue weighted by atomic mass is 15.2. The number of benzene rings is 1. The summed E-state index contributed by atoms with van der Waals surface area (Å²) in [7, 11) is 3.93. The maximum Gasteiger partial charge on any atom is 0.203 e. The lowest BCUT2D eigenvalue weighted by Crippen LogP contribution is -1.97. The number of anilines is 1. The molecule has 2 aromatic rings. The zero-order valence-electron chi connectivity index (χ0n) is 9.70. The van der Waals surface area contributed by atoms with Gasteiger partial charge in [-0.2, -0.15) is 0 Å². The number of imidazole rings is 1. The number of aromatic nitrogens is 2. The molecule has 1 N–H and O–H groups in total. The van der Waals surface area contributed by atoms with Crippen LogP contribution in [0.2, 0.25) is 0 Å². The molecule has 1 aromatic heterocycles. The maximum absolute atomic E-state index is 4.60. The van der Waals surface area contributed by atoms with Crippen LogP contribution in [0.4, 0.5) is 5.95 Å². The van der Waals surface area contributed by atoms with Gasteiger partial charge in [0.1, 0.15) is 0 Å². The van der Waals surface area contributed by atoms with Crippen molar-refractivity contribution in [2.75, 3.05) is 12.4 Å². The molecule has 0 amide bonds. The fraction of sp³-hybridized carbons (Fsp3) is 0.417. The smallest absolute Gasteiger partial charge is 0.203 e. The lowest BCUT2D eigenvalue weighted by Gasteiger charge is -2.05. The molecule has 1 aromatic carbocycles. The lowest BCUT2D eigenvalue weighted by molar-refractivity contribution is 0.873. The van der Waals surface area contributed by atoms with Crippen molar-refractivity contribution >= 4 is 17.0 Å². The van der Waals surface area contributed by atoms with Crippen LogP contribution in [0.1, 0.15) is 25.3 Å². The summed E-state index contributed by atoms with van der Waals surface area (Å²) in [6, 6.07) is 6.35. The molecule has 0 aliphatic carbocycles. The molecule has 0 radical (unpaired) electrons. The highest BCUT2D eigenvalue weighted by Crippen LogP contribution is 2.26. The molecule has 1 heterocycles. The van der Waals surface area contributed by atoms with Gasteiger partial charge >= 0.3 is 0 Å². The zero-order chi connectivity index (χ0) is 11.0. The quantitative estimate of drug-likeness (QED) is 0.813. The Labute approximate surface area is 90.1 Å². The SMILES string of the molecule is CNc1nc2c(C(C)C)cccc2n1C. The van der Waals surface area contributed by atoms with E-state index in [2.05, 4.69) is 46.9 Å². The standard InChI is InChI=1S/C12H17N3/c1-8(2)9-6-5-7-10-11(9)14-12(13-3)15(10)4/h5-8H,1-4H3,(H,13,14). The van der Waals surface area contributed by atoms with Crippen molar-refractivity contribution in [2.24, 2.45) is 7.05 Å². The molecular weight excluding hydrogens is 186 g/mol. The van der Waals surface area contributed by atoms with E-state index in [1.807, 2.05) is 14.1 Å². The Morgan fingerprint density at radius 3 is 2.67 bits per heavy atom. The summed E-state index contributed by atoms with van der Waals surface area (Å²) in [6.45, 7) is 4.39. The molecule has 15 heavy (non-hydrogen) atoms. The summed E-state index contributed by atoms with van der Waals surface area (Å²) in [5.41, 5.74) is 3.61. The van der Waals surface area contributed by atoms with Gasteiger partial charge in [0.2, 0.25) is 5.95 Å². The first-order valence-electron chi connectivity index (χ1n) is 5.28. The summed E-state index contributed by atoms with van der Waals surface area (Å²) in [6.07, 6.45) is 0. The number of hydrogen-bond donors (Lipinski definition) is 1. The molecule has 0 saturated carbocycles. The van der Waals surface area contributed by atoms with Gasteiger partial charge in [0.05, 0.1) is 11.0 Å². The fourth-order valence-electron chi connectivity index (χ4n) is 1.93. The molecule has 0 spiro atoms. The molecule has 0 atom stereocenters. The summed E-state index contributed by atoms with van der Waals surface area (Å²) in [5, 5.41) is 3.10. The molecule has 0 aliphatic heterocycles. The lowest BCUT2D eigenvalue weighted by atomic mass is 10.0. The molecule has 0 saturated heterocycles. The molecule has 0 unspecified atom stereocenters. The molecule has 2 rings (SSSR count). The van der Waals surface area contributed by atoms with Gasteiger partial charge < -0.3 is 9.88 Å². The van der Waals surface area contributed by atoms with Crippen molar-refractivity contribution in [2.45, 2.75) is 19.8 Å². The van der Waals surface area contributed by atoms with E-state index < -0.39 is 0 Å². The van der Waals surface area contributed by atoms with Crippen LogP contribution in [0.5, 0.6) is 0 Å². The van der Waals surface area contributed by atoms with Crippen LogP contribution in [0, 0.1) is 0 Å². The van der Waals surface area contributed by atoms with Gasteiger partial charge in [-0.3, -0.25) is 0 Å². The van der Waals surface area contributed by atoms with E-state index in [4.69, 9.17) is 0 Å². The zero-order valence-corrected chi connectivity index (χ0v) is 9.70. The summed E-state index contributed by atoms with van der Waals surface area (Å²) in [5.74, 6) is 1.42. The molecule has 0 fully saturated rings. The summed E-state index contributed by atoms with van der Waals surface area (Å²) >= 11 is 0. The monoisotopic (exact) mass is 203 g/mol. The van der Waals surface area contributed by atoms with E-state index in [-0.39, 0.29) is 0 Å². The number of nitrogens with zero attached hydrogens (tertiary/aromatic N) is 2. The van der Waals surface area contributed by atoms with Gasteiger partial charge in [-0.05, 0) is 17.5 Å². The van der Waals surface area contributed by atoms with Crippen molar-refractivity contribution in [1.82, 2.24) is 9.55 Å². The summed E-state index contributed by atoms with van der Waals surface area (Å²) < 4.78 is 2.08. The van der Waals surface area contributed by atoms with Crippen LogP contribution in [0.3, 0.4) is 0 Å². The molecule has 3 heteroatoms. The Morgan fingerprint density at radius 2 is 2.07 bits per heavy atom. The van der Waals surface area contributed by atoms with Crippen molar-refractivity contribution in [1.29, 1.82) is 0 Å². The first kappa shape index (κ1) is 10.0. The maximum atomic E-state index is 4.60. The highest BCUT2D eigenvalue weighted by molar-refractivity contribution is 5.82. The van der Waals surface area contributed by atoms with Crippen LogP contribution in [-0.4, -0.2) is 16.6 Å².